The van der Waals surface area contributed by atoms with E-state index in [1.807, 2.05) is 0 Å². The molecule has 12 nitrogen and oxygen atoms in total. The number of hydrogen-bond donors (Lipinski definition) is 2. The number of hydrogen-bond acceptors (Lipinski definition) is 12. The van der Waals surface area contributed by atoms with Crippen LogP contribution in [0, 0.1) is 0 Å². The van der Waals surface area contributed by atoms with E-state index in [1.165, 1.54) is 0 Å². The van der Waals surface area contributed by atoms with Crippen molar-refractivity contribution in [3.8, 4) is 0 Å². The Morgan fingerprint density at radius 2 is 0.750 bits per heavy atom. The molecular formula is C20H30N12. The summed E-state index contributed by atoms with van der Waals surface area (Å²) in [5.41, 5.74) is 0. The van der Waals surface area contributed by atoms with Crippen molar-refractivity contribution in [3.63, 3.8) is 0 Å². The summed E-state index contributed by atoms with van der Waals surface area (Å²) in [6.45, 7) is 10.1. The van der Waals surface area contributed by atoms with Gasteiger partial charge in [-0.15, -0.1) is 0 Å². The summed E-state index contributed by atoms with van der Waals surface area (Å²) in [6.07, 6.45) is 4.50. The van der Waals surface area contributed by atoms with Crippen molar-refractivity contribution in [2.75, 3.05) is 95.7 Å². The van der Waals surface area contributed by atoms with E-state index >= 15 is 0 Å². The molecule has 0 aliphatic carbocycles. The van der Waals surface area contributed by atoms with Crippen molar-refractivity contribution in [3.05, 3.63) is 0 Å². The zero-order chi connectivity index (χ0) is 21.3. The standard InChI is InChI=1S/C20H30N12/c1(3-5-21-15-23-17(29-7-8-29)27-18(24-15)30-9-10-30)2-4-6-22-16-25-19(31-11-12-31)28-20(26-16)32-13-14-32/h1-14H2,(H,21,23,24,27)(H,22,25,26,28). The Morgan fingerprint density at radius 1 is 0.438 bits per heavy atom. The van der Waals surface area contributed by atoms with Gasteiger partial charge in [0.15, 0.2) is 0 Å². The topological polar surface area (TPSA) is 113 Å². The molecule has 2 aromatic rings. The van der Waals surface area contributed by atoms with Gasteiger partial charge >= 0.3 is 0 Å². The lowest BCUT2D eigenvalue weighted by Crippen LogP contribution is -2.12. The molecule has 32 heavy (non-hydrogen) atoms. The molecule has 0 atom stereocenters. The molecule has 6 heterocycles. The molecular weight excluding hydrogens is 408 g/mol. The summed E-state index contributed by atoms with van der Waals surface area (Å²) in [7, 11) is 0. The zero-order valence-electron chi connectivity index (χ0n) is 18.4. The van der Waals surface area contributed by atoms with Gasteiger partial charge in [0.25, 0.3) is 0 Å². The van der Waals surface area contributed by atoms with Crippen LogP contribution in [0.25, 0.3) is 0 Å². The highest BCUT2D eigenvalue weighted by molar-refractivity contribution is 5.51. The predicted molar refractivity (Wildman–Crippen MR) is 124 cm³/mol. The first-order valence-corrected chi connectivity index (χ1v) is 11.8. The monoisotopic (exact) mass is 438 g/mol. The average Bonchev–Trinajstić information content (AvgIpc) is 3.69. The van der Waals surface area contributed by atoms with Gasteiger partial charge < -0.3 is 30.2 Å². The molecule has 4 fully saturated rings. The summed E-state index contributed by atoms with van der Waals surface area (Å²) >= 11 is 0. The minimum atomic E-state index is 0.699. The molecule has 0 aromatic carbocycles. The van der Waals surface area contributed by atoms with E-state index in [2.05, 4.69) is 60.1 Å². The maximum atomic E-state index is 4.56. The van der Waals surface area contributed by atoms with Gasteiger partial charge in [-0.2, -0.15) is 29.9 Å². The van der Waals surface area contributed by atoms with E-state index in [0.717, 1.165) is 115 Å². The number of rotatable bonds is 13. The van der Waals surface area contributed by atoms with E-state index in [-0.39, 0.29) is 0 Å². The first-order valence-electron chi connectivity index (χ1n) is 11.8. The predicted octanol–water partition coefficient (Wildman–Crippen LogP) is 0.421. The van der Waals surface area contributed by atoms with Gasteiger partial charge in [-0.05, 0) is 12.8 Å². The Labute approximate surface area is 187 Å². The van der Waals surface area contributed by atoms with Crippen LogP contribution < -0.4 is 30.2 Å². The van der Waals surface area contributed by atoms with E-state index in [9.17, 15) is 0 Å². The van der Waals surface area contributed by atoms with Crippen LogP contribution in [-0.2, 0) is 0 Å². The average molecular weight is 439 g/mol. The Balaban J connectivity index is 0.907. The van der Waals surface area contributed by atoms with Crippen molar-refractivity contribution < 1.29 is 0 Å². The van der Waals surface area contributed by atoms with Crippen LogP contribution in [0.15, 0.2) is 0 Å². The molecule has 0 amide bonds. The number of nitrogens with zero attached hydrogens (tertiary/aromatic N) is 10. The fourth-order valence-corrected chi connectivity index (χ4v) is 3.44. The second-order valence-corrected chi connectivity index (χ2v) is 8.73. The molecule has 4 aliphatic heterocycles. The van der Waals surface area contributed by atoms with Gasteiger partial charge in [0.2, 0.25) is 35.7 Å². The zero-order valence-corrected chi connectivity index (χ0v) is 18.4. The molecule has 2 aromatic heterocycles. The minimum Gasteiger partial charge on any atom is -0.354 e. The van der Waals surface area contributed by atoms with Crippen LogP contribution in [0.1, 0.15) is 25.7 Å². The summed E-state index contributed by atoms with van der Waals surface area (Å²) in [4.78, 5) is 36.0. The van der Waals surface area contributed by atoms with E-state index in [1.54, 1.807) is 0 Å². The molecule has 0 saturated carbocycles. The Hall–Kier alpha value is -3.18. The first kappa shape index (κ1) is 19.5. The van der Waals surface area contributed by atoms with Gasteiger partial charge in [-0.1, -0.05) is 12.8 Å². The van der Waals surface area contributed by atoms with Crippen LogP contribution in [0.4, 0.5) is 35.7 Å². The summed E-state index contributed by atoms with van der Waals surface area (Å²) in [5, 5.41) is 6.77. The van der Waals surface area contributed by atoms with E-state index in [0.29, 0.717) is 11.9 Å². The second-order valence-electron chi connectivity index (χ2n) is 8.73. The second kappa shape index (κ2) is 8.40. The molecule has 12 heteroatoms. The molecule has 6 rings (SSSR count). The summed E-state index contributed by atoms with van der Waals surface area (Å²) in [6, 6.07) is 0. The van der Waals surface area contributed by atoms with E-state index in [4.69, 9.17) is 0 Å². The largest absolute Gasteiger partial charge is 0.354 e. The summed E-state index contributed by atoms with van der Waals surface area (Å²) in [5.74, 6) is 4.61. The highest BCUT2D eigenvalue weighted by Crippen LogP contribution is 2.24. The third-order valence-corrected chi connectivity index (χ3v) is 5.81. The fraction of sp³-hybridized carbons (Fsp3) is 0.700. The molecule has 0 unspecified atom stereocenters. The first-order chi connectivity index (χ1) is 15.8. The normalized spacial score (nSPS) is 18.1. The number of aromatic nitrogens is 6. The molecule has 4 aliphatic rings. The Kier molecular flexibility index (Phi) is 5.12. The van der Waals surface area contributed by atoms with Gasteiger partial charge in [-0.3, -0.25) is 0 Å². The Morgan fingerprint density at radius 3 is 1.03 bits per heavy atom. The summed E-state index contributed by atoms with van der Waals surface area (Å²) < 4.78 is 0. The van der Waals surface area contributed by atoms with Crippen molar-refractivity contribution in [1.82, 2.24) is 29.9 Å². The van der Waals surface area contributed by atoms with Gasteiger partial charge in [0, 0.05) is 65.4 Å². The third kappa shape index (κ3) is 5.00. The van der Waals surface area contributed by atoms with Crippen LogP contribution >= 0.6 is 0 Å². The molecule has 170 valence electrons. The highest BCUT2D eigenvalue weighted by Gasteiger charge is 2.28. The smallest absolute Gasteiger partial charge is 0.232 e. The van der Waals surface area contributed by atoms with Gasteiger partial charge in [0.1, 0.15) is 0 Å². The maximum Gasteiger partial charge on any atom is 0.232 e. The van der Waals surface area contributed by atoms with Gasteiger partial charge in [-0.25, -0.2) is 0 Å². The lowest BCUT2D eigenvalue weighted by atomic mass is 10.2. The molecule has 0 spiro atoms. The lowest BCUT2D eigenvalue weighted by molar-refractivity contribution is 0.667. The molecule has 0 bridgehead atoms. The fourth-order valence-electron chi connectivity index (χ4n) is 3.44. The maximum absolute atomic E-state index is 4.56. The lowest BCUT2D eigenvalue weighted by Gasteiger charge is -2.10. The molecule has 2 N–H and O–H groups in total. The van der Waals surface area contributed by atoms with Crippen LogP contribution in [0.2, 0.25) is 0 Å². The van der Waals surface area contributed by atoms with Crippen molar-refractivity contribution in [1.29, 1.82) is 0 Å². The van der Waals surface area contributed by atoms with Crippen molar-refractivity contribution in [2.24, 2.45) is 0 Å². The van der Waals surface area contributed by atoms with Crippen molar-refractivity contribution in [2.45, 2.75) is 25.7 Å². The van der Waals surface area contributed by atoms with Crippen molar-refractivity contribution >= 4 is 35.7 Å². The number of anilines is 6. The third-order valence-electron chi connectivity index (χ3n) is 5.81. The molecule has 0 radical (unpaired) electrons. The van der Waals surface area contributed by atoms with Crippen LogP contribution in [0.3, 0.4) is 0 Å². The minimum absolute atomic E-state index is 0.699. The van der Waals surface area contributed by atoms with Crippen LogP contribution in [-0.4, -0.2) is 95.4 Å². The highest BCUT2D eigenvalue weighted by atomic mass is 15.4. The van der Waals surface area contributed by atoms with E-state index < -0.39 is 0 Å². The van der Waals surface area contributed by atoms with Gasteiger partial charge in [0.05, 0.1) is 0 Å². The Bertz CT molecular complexity index is 814. The number of nitrogens with one attached hydrogen (secondary N) is 2. The SMILES string of the molecule is C(CCCNc1nc(N2CC2)nc(N2CC2)n1)CCNc1nc(N2CC2)nc(N2CC2)n1. The van der Waals surface area contributed by atoms with Crippen LogP contribution in [0.5, 0.6) is 0 Å². The molecule has 4 saturated heterocycles. The number of unbranched alkanes of at least 4 members (excludes halogenated alkanes) is 3. The quantitative estimate of drug-likeness (QED) is 0.334.